The fourth-order valence-corrected chi connectivity index (χ4v) is 4.79. The van der Waals surface area contributed by atoms with Crippen molar-refractivity contribution in [2.45, 2.75) is 50.9 Å². The summed E-state index contributed by atoms with van der Waals surface area (Å²) in [5.41, 5.74) is 11.5. The van der Waals surface area contributed by atoms with E-state index in [1.165, 1.54) is 4.90 Å². The van der Waals surface area contributed by atoms with Crippen LogP contribution in [0.15, 0.2) is 60.4 Å². The Balaban J connectivity index is 1.57. The normalized spacial score (nSPS) is 20.5. The second-order valence-electron chi connectivity index (χ2n) is 8.92. The fourth-order valence-electron chi connectivity index (χ4n) is 4.38. The first-order valence-corrected chi connectivity index (χ1v) is 11.7. The van der Waals surface area contributed by atoms with E-state index in [9.17, 15) is 14.0 Å². The summed E-state index contributed by atoms with van der Waals surface area (Å²) in [6, 6.07) is 13.9. The van der Waals surface area contributed by atoms with Crippen LogP contribution in [0.1, 0.15) is 55.3 Å². The summed E-state index contributed by atoms with van der Waals surface area (Å²) < 4.78 is 14.4. The van der Waals surface area contributed by atoms with Crippen molar-refractivity contribution in [2.24, 2.45) is 0 Å². The molecule has 0 radical (unpaired) electrons. The standard InChI is InChI=1S/C25H29ClFN5O2/c1-15(2)20-9-8-17(10-21(20)26)24(16-6-4-3-5-7-16)29-25(34)22-11-18(27)14-32(22)23(33)12-19-13-28-31-30-19/h3-10,13,15,18,22,24,28,30-31H,11-12,14H2,1-2H3,(H,29,34)/t18-,22+,24+/m1/s1. The van der Waals surface area contributed by atoms with Crippen LogP contribution in [-0.4, -0.2) is 35.5 Å². The molecule has 3 atom stereocenters. The maximum absolute atomic E-state index is 14.4. The average Bonchev–Trinajstić information content (AvgIpc) is 3.47. The number of likely N-dealkylation sites (tertiary alicyclic amines) is 1. The molecule has 0 spiro atoms. The number of rotatable bonds is 7. The molecular formula is C25H29ClFN5O2. The fraction of sp³-hybridized carbons (Fsp3) is 0.360. The predicted octanol–water partition coefficient (Wildman–Crippen LogP) is 3.45. The molecule has 0 bridgehead atoms. The molecule has 34 heavy (non-hydrogen) atoms. The summed E-state index contributed by atoms with van der Waals surface area (Å²) in [5.74, 6) is -0.443. The molecule has 2 aromatic rings. The van der Waals surface area contributed by atoms with Crippen molar-refractivity contribution in [1.82, 2.24) is 26.6 Å². The van der Waals surface area contributed by atoms with Crippen LogP contribution in [-0.2, 0) is 9.59 Å². The maximum atomic E-state index is 14.4. The highest BCUT2D eigenvalue weighted by molar-refractivity contribution is 6.31. The number of amides is 2. The highest BCUT2D eigenvalue weighted by atomic mass is 35.5. The lowest BCUT2D eigenvalue weighted by Crippen LogP contribution is -2.47. The average molecular weight is 486 g/mol. The first kappa shape index (κ1) is 24.0. The van der Waals surface area contributed by atoms with Crippen molar-refractivity contribution < 1.29 is 14.0 Å². The molecule has 2 amide bonds. The van der Waals surface area contributed by atoms with Gasteiger partial charge in [-0.3, -0.25) is 9.59 Å². The molecule has 0 saturated carbocycles. The summed E-state index contributed by atoms with van der Waals surface area (Å²) in [4.78, 5) is 27.6. The number of hydrogen-bond acceptors (Lipinski definition) is 5. The third kappa shape index (κ3) is 5.34. The Kier molecular flexibility index (Phi) is 7.38. The molecule has 2 heterocycles. The van der Waals surface area contributed by atoms with Crippen LogP contribution in [0.2, 0.25) is 5.02 Å². The second-order valence-corrected chi connectivity index (χ2v) is 9.33. The van der Waals surface area contributed by atoms with Crippen LogP contribution >= 0.6 is 11.6 Å². The Labute approximate surface area is 203 Å². The highest BCUT2D eigenvalue weighted by Crippen LogP contribution is 2.31. The summed E-state index contributed by atoms with van der Waals surface area (Å²) in [5, 5.41) is 3.68. The van der Waals surface area contributed by atoms with E-state index in [1.807, 2.05) is 48.5 Å². The van der Waals surface area contributed by atoms with Gasteiger partial charge in [-0.15, -0.1) is 0 Å². The van der Waals surface area contributed by atoms with Crippen molar-refractivity contribution in [2.75, 3.05) is 6.54 Å². The lowest BCUT2D eigenvalue weighted by Gasteiger charge is -2.27. The maximum Gasteiger partial charge on any atom is 0.243 e. The zero-order chi connectivity index (χ0) is 24.2. The molecule has 2 aliphatic rings. The van der Waals surface area contributed by atoms with Crippen molar-refractivity contribution in [1.29, 1.82) is 0 Å². The van der Waals surface area contributed by atoms with Gasteiger partial charge in [0, 0.05) is 17.6 Å². The Bertz CT molecular complexity index is 1080. The van der Waals surface area contributed by atoms with Crippen LogP contribution < -0.4 is 21.7 Å². The summed E-state index contributed by atoms with van der Waals surface area (Å²) in [6.45, 7) is 4.04. The van der Waals surface area contributed by atoms with E-state index in [0.717, 1.165) is 16.7 Å². The van der Waals surface area contributed by atoms with Crippen LogP contribution in [0.5, 0.6) is 0 Å². The van der Waals surface area contributed by atoms with Crippen LogP contribution in [0.25, 0.3) is 0 Å². The Morgan fingerprint density at radius 1 is 1.18 bits per heavy atom. The molecule has 0 unspecified atom stereocenters. The van der Waals surface area contributed by atoms with E-state index < -0.39 is 24.2 Å². The zero-order valence-electron chi connectivity index (χ0n) is 19.1. The third-order valence-corrected chi connectivity index (χ3v) is 6.48. The number of nitrogens with zero attached hydrogens (tertiary/aromatic N) is 1. The van der Waals surface area contributed by atoms with Gasteiger partial charge in [0.2, 0.25) is 11.8 Å². The highest BCUT2D eigenvalue weighted by Gasteiger charge is 2.40. The number of halogens is 2. The molecular weight excluding hydrogens is 457 g/mol. The van der Waals surface area contributed by atoms with E-state index in [4.69, 9.17) is 11.6 Å². The SMILES string of the molecule is CC(C)c1ccc([C@@H](NC(=O)[C@@H]2C[C@@H](F)CN2C(=O)CC2=CNNN2)c2ccccc2)cc1Cl. The zero-order valence-corrected chi connectivity index (χ0v) is 19.9. The van der Waals surface area contributed by atoms with Gasteiger partial charge in [-0.25, -0.2) is 4.39 Å². The Hall–Kier alpha value is -3.10. The third-order valence-electron chi connectivity index (χ3n) is 6.16. The van der Waals surface area contributed by atoms with Crippen LogP contribution in [0.3, 0.4) is 0 Å². The second kappa shape index (κ2) is 10.4. The summed E-state index contributed by atoms with van der Waals surface area (Å²) in [6.07, 6.45) is 0.364. The molecule has 0 aromatic heterocycles. The van der Waals surface area contributed by atoms with Gasteiger partial charge in [-0.1, -0.05) is 67.9 Å². The van der Waals surface area contributed by atoms with Gasteiger partial charge in [-0.2, -0.15) is 5.53 Å². The molecule has 2 aromatic carbocycles. The van der Waals surface area contributed by atoms with E-state index >= 15 is 0 Å². The van der Waals surface area contributed by atoms with Crippen LogP contribution in [0, 0.1) is 0 Å². The van der Waals surface area contributed by atoms with Gasteiger partial charge in [0.25, 0.3) is 0 Å². The van der Waals surface area contributed by atoms with E-state index in [2.05, 4.69) is 35.6 Å². The number of hydrogen-bond donors (Lipinski definition) is 4. The number of alkyl halides is 1. The summed E-state index contributed by atoms with van der Waals surface area (Å²) in [7, 11) is 0. The molecule has 4 N–H and O–H groups in total. The first-order valence-electron chi connectivity index (χ1n) is 11.4. The lowest BCUT2D eigenvalue weighted by molar-refractivity contribution is -0.138. The molecule has 7 nitrogen and oxygen atoms in total. The molecule has 2 aliphatic heterocycles. The molecule has 1 saturated heterocycles. The smallest absolute Gasteiger partial charge is 0.243 e. The molecule has 9 heteroatoms. The Morgan fingerprint density at radius 2 is 1.94 bits per heavy atom. The van der Waals surface area contributed by atoms with Gasteiger partial charge in [0.05, 0.1) is 24.7 Å². The Morgan fingerprint density at radius 3 is 2.59 bits per heavy atom. The number of hydrazine groups is 2. The van der Waals surface area contributed by atoms with E-state index in [1.54, 1.807) is 6.20 Å². The van der Waals surface area contributed by atoms with Crippen molar-refractivity contribution in [3.8, 4) is 0 Å². The van der Waals surface area contributed by atoms with Gasteiger partial charge in [0.1, 0.15) is 12.2 Å². The molecule has 1 fully saturated rings. The van der Waals surface area contributed by atoms with E-state index in [-0.39, 0.29) is 31.2 Å². The van der Waals surface area contributed by atoms with Crippen molar-refractivity contribution >= 4 is 23.4 Å². The van der Waals surface area contributed by atoms with Gasteiger partial charge in [-0.05, 0) is 28.7 Å². The summed E-state index contributed by atoms with van der Waals surface area (Å²) >= 11 is 6.55. The first-order chi connectivity index (χ1) is 16.3. The quantitative estimate of drug-likeness (QED) is 0.482. The number of nitrogens with one attached hydrogen (secondary N) is 4. The number of benzene rings is 2. The van der Waals surface area contributed by atoms with E-state index in [0.29, 0.717) is 10.7 Å². The minimum atomic E-state index is -1.25. The van der Waals surface area contributed by atoms with Crippen LogP contribution in [0.4, 0.5) is 4.39 Å². The lowest BCUT2D eigenvalue weighted by atomic mass is 9.94. The minimum absolute atomic E-state index is 0.0326. The monoisotopic (exact) mass is 485 g/mol. The molecule has 4 rings (SSSR count). The predicted molar refractivity (Wildman–Crippen MR) is 129 cm³/mol. The van der Waals surface area contributed by atoms with Gasteiger partial charge >= 0.3 is 0 Å². The molecule has 180 valence electrons. The van der Waals surface area contributed by atoms with Gasteiger partial charge < -0.3 is 21.1 Å². The van der Waals surface area contributed by atoms with Crippen molar-refractivity contribution in [3.63, 3.8) is 0 Å². The molecule has 0 aliphatic carbocycles. The van der Waals surface area contributed by atoms with Crippen molar-refractivity contribution in [3.05, 3.63) is 82.1 Å². The minimum Gasteiger partial charge on any atom is -0.343 e. The number of carbonyl (C=O) groups is 2. The number of carbonyl (C=O) groups excluding carboxylic acids is 2. The van der Waals surface area contributed by atoms with Gasteiger partial charge in [0.15, 0.2) is 0 Å². The topological polar surface area (TPSA) is 85.5 Å². The largest absolute Gasteiger partial charge is 0.343 e.